The molecule has 0 aromatic heterocycles. The number of cyclic esters (lactones) is 1. The van der Waals surface area contributed by atoms with Gasteiger partial charge in [-0.2, -0.15) is 0 Å². The number of amides is 2. The van der Waals surface area contributed by atoms with Crippen LogP contribution in [0.1, 0.15) is 32.4 Å². The maximum Gasteiger partial charge on any atom is 0.417 e. The van der Waals surface area contributed by atoms with Crippen LogP contribution < -0.4 is 0 Å². The summed E-state index contributed by atoms with van der Waals surface area (Å²) in [5.41, 5.74) is 0.469. The van der Waals surface area contributed by atoms with E-state index in [0.717, 1.165) is 5.56 Å². The van der Waals surface area contributed by atoms with Crippen molar-refractivity contribution in [1.29, 1.82) is 0 Å². The van der Waals surface area contributed by atoms with E-state index in [0.29, 0.717) is 0 Å². The van der Waals surface area contributed by atoms with Crippen LogP contribution >= 0.6 is 0 Å². The third-order valence-electron chi connectivity index (χ3n) is 3.54. The van der Waals surface area contributed by atoms with E-state index < -0.39 is 23.7 Å². The normalized spacial score (nSPS) is 20.3. The Balaban J connectivity index is 2.31. The summed E-state index contributed by atoms with van der Waals surface area (Å²) in [6, 6.07) is 9.00. The van der Waals surface area contributed by atoms with Crippen LogP contribution in [0.4, 0.5) is 4.79 Å². The Morgan fingerprint density at radius 2 is 1.95 bits per heavy atom. The van der Waals surface area contributed by atoms with Crippen molar-refractivity contribution in [2.45, 2.75) is 32.9 Å². The molecule has 0 radical (unpaired) electrons. The zero-order valence-electron chi connectivity index (χ0n) is 12.8. The highest BCUT2D eigenvalue weighted by Gasteiger charge is 2.44. The molecule has 1 saturated heterocycles. The molecule has 5 heteroatoms. The Morgan fingerprint density at radius 1 is 1.33 bits per heavy atom. The maximum atomic E-state index is 12.7. The van der Waals surface area contributed by atoms with Crippen molar-refractivity contribution >= 4 is 12.0 Å². The van der Waals surface area contributed by atoms with E-state index in [1.165, 1.54) is 12.0 Å². The first kappa shape index (κ1) is 15.5. The minimum Gasteiger partial charge on any atom is -0.446 e. The number of hydrogen-bond acceptors (Lipinski definition) is 4. The summed E-state index contributed by atoms with van der Waals surface area (Å²) in [4.78, 5) is 25.9. The summed E-state index contributed by atoms with van der Waals surface area (Å²) in [6.45, 7) is 5.88. The van der Waals surface area contributed by atoms with Gasteiger partial charge in [0.15, 0.2) is 0 Å². The number of imide groups is 1. The van der Waals surface area contributed by atoms with Crippen LogP contribution in [-0.2, 0) is 14.3 Å². The topological polar surface area (TPSA) is 55.8 Å². The molecule has 0 aliphatic carbocycles. The summed E-state index contributed by atoms with van der Waals surface area (Å²) in [7, 11) is 1.48. The number of nitrogens with zero attached hydrogens (tertiary/aromatic N) is 1. The molecule has 0 spiro atoms. The van der Waals surface area contributed by atoms with Crippen molar-refractivity contribution in [2.24, 2.45) is 5.41 Å². The number of carbonyl (C=O) groups excluding carboxylic acids is 2. The molecule has 1 aromatic rings. The average molecular weight is 291 g/mol. The van der Waals surface area contributed by atoms with Crippen LogP contribution in [-0.4, -0.2) is 36.7 Å². The van der Waals surface area contributed by atoms with Crippen molar-refractivity contribution in [3.63, 3.8) is 0 Å². The lowest BCUT2D eigenvalue weighted by Gasteiger charge is -2.31. The molecule has 1 fully saturated rings. The highest BCUT2D eigenvalue weighted by atomic mass is 16.6. The van der Waals surface area contributed by atoms with Gasteiger partial charge in [-0.15, -0.1) is 0 Å². The highest BCUT2D eigenvalue weighted by molar-refractivity contribution is 5.96. The predicted octanol–water partition coefficient (Wildman–Crippen LogP) is 2.77. The van der Waals surface area contributed by atoms with E-state index in [4.69, 9.17) is 9.47 Å². The van der Waals surface area contributed by atoms with Gasteiger partial charge >= 0.3 is 6.09 Å². The molecule has 1 aliphatic heterocycles. The van der Waals surface area contributed by atoms with Gasteiger partial charge in [0.05, 0.1) is 0 Å². The Labute approximate surface area is 124 Å². The van der Waals surface area contributed by atoms with Gasteiger partial charge in [-0.05, 0) is 11.0 Å². The molecule has 1 aliphatic rings. The molecule has 0 saturated carbocycles. The molecular formula is C16H21NO4. The van der Waals surface area contributed by atoms with Gasteiger partial charge < -0.3 is 9.47 Å². The van der Waals surface area contributed by atoms with Crippen molar-refractivity contribution in [3.05, 3.63) is 35.9 Å². The monoisotopic (exact) mass is 291 g/mol. The van der Waals surface area contributed by atoms with Gasteiger partial charge in [0.25, 0.3) is 5.91 Å². The lowest BCUT2D eigenvalue weighted by atomic mass is 9.87. The average Bonchev–Trinajstić information content (AvgIpc) is 2.80. The molecule has 5 nitrogen and oxygen atoms in total. The number of methoxy groups -OCH3 is 1. The fraction of sp³-hybridized carbons (Fsp3) is 0.500. The van der Waals surface area contributed by atoms with Gasteiger partial charge in [0.1, 0.15) is 18.8 Å². The van der Waals surface area contributed by atoms with Crippen molar-refractivity contribution in [3.8, 4) is 0 Å². The summed E-state index contributed by atoms with van der Waals surface area (Å²) in [6.07, 6.45) is -1.31. The molecule has 2 atom stereocenters. The molecule has 2 amide bonds. The van der Waals surface area contributed by atoms with Crippen LogP contribution in [0.5, 0.6) is 0 Å². The summed E-state index contributed by atoms with van der Waals surface area (Å²) in [5, 5.41) is 0. The predicted molar refractivity (Wildman–Crippen MR) is 77.6 cm³/mol. The summed E-state index contributed by atoms with van der Waals surface area (Å²) in [5.74, 6) is -0.360. The van der Waals surface area contributed by atoms with E-state index in [9.17, 15) is 9.59 Å². The number of ether oxygens (including phenoxy) is 2. The second kappa shape index (κ2) is 5.85. The van der Waals surface area contributed by atoms with Gasteiger partial charge in [0, 0.05) is 7.11 Å². The zero-order chi connectivity index (χ0) is 15.6. The number of hydrogen-bond donors (Lipinski definition) is 0. The van der Waals surface area contributed by atoms with Crippen molar-refractivity contribution in [2.75, 3.05) is 13.7 Å². The second-order valence-electron chi connectivity index (χ2n) is 6.19. The van der Waals surface area contributed by atoms with Crippen LogP contribution in [0.3, 0.4) is 0 Å². The molecule has 1 heterocycles. The van der Waals surface area contributed by atoms with Gasteiger partial charge in [0.2, 0.25) is 0 Å². The second-order valence-corrected chi connectivity index (χ2v) is 6.19. The molecular weight excluding hydrogens is 270 g/mol. The molecule has 2 rings (SSSR count). The first-order valence-corrected chi connectivity index (χ1v) is 6.94. The van der Waals surface area contributed by atoms with E-state index in [-0.39, 0.29) is 12.5 Å². The maximum absolute atomic E-state index is 12.7. The minimum atomic E-state index is -0.700. The highest BCUT2D eigenvalue weighted by Crippen LogP contribution is 2.32. The smallest absolute Gasteiger partial charge is 0.417 e. The van der Waals surface area contributed by atoms with E-state index in [1.54, 1.807) is 0 Å². The SMILES string of the molecule is CO[C@H](C(=O)N1C(=O)OC[C@@H]1c1ccccc1)C(C)(C)C. The Kier molecular flexibility index (Phi) is 4.32. The van der Waals surface area contributed by atoms with Gasteiger partial charge in [-0.1, -0.05) is 51.1 Å². The fourth-order valence-electron chi connectivity index (χ4n) is 2.54. The lowest BCUT2D eigenvalue weighted by molar-refractivity contribution is -0.146. The van der Waals surface area contributed by atoms with Crippen LogP contribution in [0.15, 0.2) is 30.3 Å². The fourth-order valence-corrected chi connectivity index (χ4v) is 2.54. The number of carbonyl (C=O) groups is 2. The summed E-state index contributed by atoms with van der Waals surface area (Å²) < 4.78 is 10.4. The number of rotatable bonds is 3. The van der Waals surface area contributed by atoms with Gasteiger partial charge in [-0.25, -0.2) is 9.69 Å². The Hall–Kier alpha value is -1.88. The molecule has 0 unspecified atom stereocenters. The van der Waals surface area contributed by atoms with Crippen LogP contribution in [0, 0.1) is 5.41 Å². The van der Waals surface area contributed by atoms with E-state index >= 15 is 0 Å². The quantitative estimate of drug-likeness (QED) is 0.859. The van der Waals surface area contributed by atoms with E-state index in [2.05, 4.69) is 0 Å². The van der Waals surface area contributed by atoms with Crippen LogP contribution in [0.2, 0.25) is 0 Å². The van der Waals surface area contributed by atoms with Gasteiger partial charge in [-0.3, -0.25) is 4.79 Å². The minimum absolute atomic E-state index is 0.176. The molecule has 21 heavy (non-hydrogen) atoms. The third-order valence-corrected chi connectivity index (χ3v) is 3.54. The first-order chi connectivity index (χ1) is 9.86. The largest absolute Gasteiger partial charge is 0.446 e. The molecule has 114 valence electrons. The third kappa shape index (κ3) is 3.08. The van der Waals surface area contributed by atoms with E-state index in [1.807, 2.05) is 51.1 Å². The molecule has 0 bridgehead atoms. The Morgan fingerprint density at radius 3 is 2.48 bits per heavy atom. The first-order valence-electron chi connectivity index (χ1n) is 6.94. The van der Waals surface area contributed by atoms with Crippen molar-refractivity contribution in [1.82, 2.24) is 4.90 Å². The standard InChI is InChI=1S/C16H21NO4/c1-16(2,3)13(20-4)14(18)17-12(10-21-15(17)19)11-8-6-5-7-9-11/h5-9,12-13H,10H2,1-4H3/t12-,13-/m1/s1. The number of benzene rings is 1. The molecule has 0 N–H and O–H groups in total. The lowest BCUT2D eigenvalue weighted by Crippen LogP contribution is -2.47. The Bertz CT molecular complexity index is 521. The van der Waals surface area contributed by atoms with Crippen molar-refractivity contribution < 1.29 is 19.1 Å². The van der Waals surface area contributed by atoms with Crippen LogP contribution in [0.25, 0.3) is 0 Å². The molecule has 1 aromatic carbocycles. The summed E-state index contributed by atoms with van der Waals surface area (Å²) >= 11 is 0. The zero-order valence-corrected chi connectivity index (χ0v) is 12.8.